The van der Waals surface area contributed by atoms with Crippen LogP contribution in [0.3, 0.4) is 0 Å². The molecule has 0 unspecified atom stereocenters. The van der Waals surface area contributed by atoms with Crippen molar-refractivity contribution in [2.75, 3.05) is 44.7 Å². The molecule has 8 heteroatoms. The Hall–Kier alpha value is -3.39. The summed E-state index contributed by atoms with van der Waals surface area (Å²) in [5.41, 5.74) is 5.26. The van der Waals surface area contributed by atoms with Crippen LogP contribution < -0.4 is 9.64 Å². The summed E-state index contributed by atoms with van der Waals surface area (Å²) in [6, 6.07) is 15.3. The molecule has 0 atom stereocenters. The number of anilines is 1. The first-order chi connectivity index (χ1) is 18.7. The molecule has 1 fully saturated rings. The van der Waals surface area contributed by atoms with Crippen LogP contribution in [-0.2, 0) is 16.9 Å². The van der Waals surface area contributed by atoms with E-state index in [-0.39, 0.29) is 5.97 Å². The van der Waals surface area contributed by atoms with Gasteiger partial charge in [-0.1, -0.05) is 29.8 Å². The average molecular weight is 548 g/mol. The Morgan fingerprint density at radius 1 is 1.13 bits per heavy atom. The van der Waals surface area contributed by atoms with Gasteiger partial charge in [-0.2, -0.15) is 0 Å². The van der Waals surface area contributed by atoms with Gasteiger partial charge in [-0.25, -0.2) is 4.79 Å². The Morgan fingerprint density at radius 3 is 2.67 bits per heavy atom. The SMILES string of the molecule is COC(=O)c1cc(Cl)ccc1N1CCN(CC/C=C2\c3cc(C(C)(C)O)ccc3OCc3ncccc32)CC1. The Balaban J connectivity index is 1.32. The first-order valence-corrected chi connectivity index (χ1v) is 13.6. The number of ether oxygens (including phenoxy) is 2. The van der Waals surface area contributed by atoms with E-state index in [1.807, 2.05) is 36.4 Å². The van der Waals surface area contributed by atoms with Gasteiger partial charge >= 0.3 is 5.97 Å². The lowest BCUT2D eigenvalue weighted by Gasteiger charge is -2.36. The van der Waals surface area contributed by atoms with E-state index in [4.69, 9.17) is 21.1 Å². The number of carbonyl (C=O) groups excluding carboxylic acids is 1. The maximum atomic E-state index is 12.3. The van der Waals surface area contributed by atoms with Gasteiger partial charge in [-0.3, -0.25) is 9.88 Å². The van der Waals surface area contributed by atoms with E-state index in [0.29, 0.717) is 17.2 Å². The number of methoxy groups -OCH3 is 1. The lowest BCUT2D eigenvalue weighted by atomic mass is 9.90. The first-order valence-electron chi connectivity index (χ1n) is 13.2. The predicted molar refractivity (Wildman–Crippen MR) is 153 cm³/mol. The lowest BCUT2D eigenvalue weighted by Crippen LogP contribution is -2.47. The normalized spacial score (nSPS) is 16.7. The molecule has 0 aliphatic carbocycles. The Morgan fingerprint density at radius 2 is 1.92 bits per heavy atom. The molecule has 3 heterocycles. The van der Waals surface area contributed by atoms with Gasteiger partial charge in [-0.05, 0) is 67.8 Å². The first kappa shape index (κ1) is 27.2. The molecule has 2 aromatic carbocycles. The van der Waals surface area contributed by atoms with Crippen molar-refractivity contribution in [1.29, 1.82) is 0 Å². The monoisotopic (exact) mass is 547 g/mol. The zero-order chi connectivity index (χ0) is 27.6. The fraction of sp³-hybridized carbons (Fsp3) is 0.355. The molecule has 0 spiro atoms. The number of hydrogen-bond acceptors (Lipinski definition) is 7. The van der Waals surface area contributed by atoms with Crippen LogP contribution in [0.25, 0.3) is 5.57 Å². The molecule has 39 heavy (non-hydrogen) atoms. The largest absolute Gasteiger partial charge is 0.487 e. The van der Waals surface area contributed by atoms with Crippen molar-refractivity contribution in [3.8, 4) is 5.75 Å². The van der Waals surface area contributed by atoms with Crippen molar-refractivity contribution in [3.05, 3.63) is 93.8 Å². The summed E-state index contributed by atoms with van der Waals surface area (Å²) < 4.78 is 11.1. The highest BCUT2D eigenvalue weighted by molar-refractivity contribution is 6.31. The molecule has 2 aliphatic rings. The minimum atomic E-state index is -0.957. The van der Waals surface area contributed by atoms with Crippen LogP contribution in [0.4, 0.5) is 5.69 Å². The van der Waals surface area contributed by atoms with Crippen molar-refractivity contribution >= 4 is 28.8 Å². The quantitative estimate of drug-likeness (QED) is 0.420. The van der Waals surface area contributed by atoms with Gasteiger partial charge in [-0.15, -0.1) is 0 Å². The molecule has 0 saturated carbocycles. The highest BCUT2D eigenvalue weighted by Crippen LogP contribution is 2.38. The Bertz CT molecular complexity index is 1390. The van der Waals surface area contributed by atoms with Crippen molar-refractivity contribution in [3.63, 3.8) is 0 Å². The van der Waals surface area contributed by atoms with Crippen molar-refractivity contribution in [2.24, 2.45) is 0 Å². The molecule has 5 rings (SSSR count). The van der Waals surface area contributed by atoms with Gasteiger partial charge < -0.3 is 19.5 Å². The molecular formula is C31H34ClN3O4. The van der Waals surface area contributed by atoms with E-state index < -0.39 is 5.60 Å². The number of hydrogen-bond donors (Lipinski definition) is 1. The van der Waals surface area contributed by atoms with Gasteiger partial charge in [0.1, 0.15) is 12.4 Å². The molecule has 0 amide bonds. The van der Waals surface area contributed by atoms with Gasteiger partial charge in [0.25, 0.3) is 0 Å². The maximum absolute atomic E-state index is 12.3. The summed E-state index contributed by atoms with van der Waals surface area (Å²) in [6.07, 6.45) is 4.91. The van der Waals surface area contributed by atoms with Crippen LogP contribution in [0, 0.1) is 0 Å². The second-order valence-electron chi connectivity index (χ2n) is 10.4. The molecule has 7 nitrogen and oxygen atoms in total. The summed E-state index contributed by atoms with van der Waals surface area (Å²) in [7, 11) is 1.39. The number of nitrogens with zero attached hydrogens (tertiary/aromatic N) is 3. The van der Waals surface area contributed by atoms with Crippen molar-refractivity contribution in [2.45, 2.75) is 32.5 Å². The zero-order valence-electron chi connectivity index (χ0n) is 22.6. The summed E-state index contributed by atoms with van der Waals surface area (Å²) in [5, 5.41) is 11.2. The third-order valence-corrected chi connectivity index (χ3v) is 7.63. The topological polar surface area (TPSA) is 75.1 Å². The number of pyridine rings is 1. The molecule has 1 saturated heterocycles. The van der Waals surface area contributed by atoms with Crippen LogP contribution in [0.5, 0.6) is 5.75 Å². The molecule has 204 valence electrons. The van der Waals surface area contributed by atoms with E-state index in [1.54, 1.807) is 26.1 Å². The van der Waals surface area contributed by atoms with Crippen LogP contribution in [0.2, 0.25) is 5.02 Å². The van der Waals surface area contributed by atoms with Crippen LogP contribution in [0.1, 0.15) is 53.0 Å². The van der Waals surface area contributed by atoms with Crippen molar-refractivity contribution < 1.29 is 19.4 Å². The second kappa shape index (κ2) is 11.4. The van der Waals surface area contributed by atoms with Crippen molar-refractivity contribution in [1.82, 2.24) is 9.88 Å². The van der Waals surface area contributed by atoms with E-state index in [2.05, 4.69) is 26.9 Å². The number of aromatic nitrogens is 1. The van der Waals surface area contributed by atoms with Gasteiger partial charge in [0.2, 0.25) is 0 Å². The number of halogens is 1. The van der Waals surface area contributed by atoms with E-state index in [1.165, 1.54) is 7.11 Å². The molecule has 0 radical (unpaired) electrons. The number of piperazine rings is 1. The molecule has 1 N–H and O–H groups in total. The van der Waals surface area contributed by atoms with E-state index >= 15 is 0 Å². The summed E-state index contributed by atoms with van der Waals surface area (Å²) >= 11 is 6.14. The third kappa shape index (κ3) is 5.96. The third-order valence-electron chi connectivity index (χ3n) is 7.39. The highest BCUT2D eigenvalue weighted by Gasteiger charge is 2.25. The number of aliphatic hydroxyl groups is 1. The molecule has 1 aromatic heterocycles. The van der Waals surface area contributed by atoms with Crippen LogP contribution >= 0.6 is 11.6 Å². The fourth-order valence-corrected chi connectivity index (χ4v) is 5.39. The second-order valence-corrected chi connectivity index (χ2v) is 10.9. The Kier molecular flexibility index (Phi) is 7.93. The molecule has 2 aliphatic heterocycles. The molecular weight excluding hydrogens is 514 g/mol. The van der Waals surface area contributed by atoms with Gasteiger partial charge in [0.15, 0.2) is 0 Å². The minimum Gasteiger partial charge on any atom is -0.487 e. The van der Waals surface area contributed by atoms with Crippen LogP contribution in [-0.4, -0.2) is 60.8 Å². The van der Waals surface area contributed by atoms with E-state index in [0.717, 1.165) is 78.5 Å². The highest BCUT2D eigenvalue weighted by atomic mass is 35.5. The number of esters is 1. The average Bonchev–Trinajstić information content (AvgIpc) is 3.09. The summed E-state index contributed by atoms with van der Waals surface area (Å²) in [5.74, 6) is 0.418. The number of fused-ring (bicyclic) bond motifs is 2. The van der Waals surface area contributed by atoms with Crippen LogP contribution in [0.15, 0.2) is 60.8 Å². The maximum Gasteiger partial charge on any atom is 0.340 e. The van der Waals surface area contributed by atoms with Gasteiger partial charge in [0, 0.05) is 55.1 Å². The molecule has 0 bridgehead atoms. The molecule has 3 aromatic rings. The van der Waals surface area contributed by atoms with Gasteiger partial charge in [0.05, 0.1) is 29.7 Å². The number of carbonyl (C=O) groups is 1. The smallest absolute Gasteiger partial charge is 0.340 e. The fourth-order valence-electron chi connectivity index (χ4n) is 5.22. The number of benzene rings is 2. The standard InChI is InChI=1S/C31H34ClN3O4/c1-31(2,37)21-8-11-29-25(18-21)23(24-6-4-12-33-27(24)20-39-29)7-5-13-34-14-16-35(17-15-34)28-10-9-22(32)19-26(28)30(36)38-3/h4,6-12,18-19,37H,5,13-17,20H2,1-3H3/b23-7-. The minimum absolute atomic E-state index is 0.378. The number of rotatable bonds is 6. The summed E-state index contributed by atoms with van der Waals surface area (Å²) in [6.45, 7) is 8.27. The zero-order valence-corrected chi connectivity index (χ0v) is 23.4. The predicted octanol–water partition coefficient (Wildman–Crippen LogP) is 5.29. The lowest BCUT2D eigenvalue weighted by molar-refractivity contribution is 0.0601. The summed E-state index contributed by atoms with van der Waals surface area (Å²) in [4.78, 5) is 21.5. The van der Waals surface area contributed by atoms with E-state index in [9.17, 15) is 9.90 Å². The Labute approximate surface area is 234 Å².